The summed E-state index contributed by atoms with van der Waals surface area (Å²) in [7, 11) is 0. The summed E-state index contributed by atoms with van der Waals surface area (Å²) >= 11 is 0. The standard InChI is InChI=1S/C12H24N4O2/c1-5-13-15-14-10-6-8-16(9-7-10)11(17)18-12(2,3)4/h10H,5-9H2,1-4H3,(H,13,14). The summed E-state index contributed by atoms with van der Waals surface area (Å²) < 4.78 is 5.34. The lowest BCUT2D eigenvalue weighted by molar-refractivity contribution is 0.0198. The first-order valence-corrected chi connectivity index (χ1v) is 6.52. The van der Waals surface area contributed by atoms with E-state index < -0.39 is 5.60 Å². The Morgan fingerprint density at radius 2 is 2.00 bits per heavy atom. The number of nitrogens with one attached hydrogen (secondary N) is 1. The van der Waals surface area contributed by atoms with Gasteiger partial charge >= 0.3 is 6.09 Å². The van der Waals surface area contributed by atoms with Gasteiger partial charge < -0.3 is 9.64 Å². The van der Waals surface area contributed by atoms with E-state index in [1.807, 2.05) is 27.7 Å². The first-order valence-electron chi connectivity index (χ1n) is 6.52. The molecule has 0 saturated carbocycles. The topological polar surface area (TPSA) is 66.3 Å². The van der Waals surface area contributed by atoms with Gasteiger partial charge in [-0.05, 0) is 40.5 Å². The molecule has 1 rings (SSSR count). The summed E-state index contributed by atoms with van der Waals surface area (Å²) in [5.74, 6) is 0. The third-order valence-electron chi connectivity index (χ3n) is 2.60. The minimum Gasteiger partial charge on any atom is -0.444 e. The number of ether oxygens (including phenoxy) is 1. The highest BCUT2D eigenvalue weighted by Crippen LogP contribution is 2.15. The summed E-state index contributed by atoms with van der Waals surface area (Å²) in [5.41, 5.74) is 2.58. The van der Waals surface area contributed by atoms with Crippen molar-refractivity contribution >= 4 is 6.09 Å². The Morgan fingerprint density at radius 3 is 2.50 bits per heavy atom. The van der Waals surface area contributed by atoms with Gasteiger partial charge in [0, 0.05) is 19.1 Å². The zero-order valence-electron chi connectivity index (χ0n) is 11.8. The van der Waals surface area contributed by atoms with E-state index in [1.54, 1.807) is 4.90 Å². The number of carbonyl (C=O) groups excluding carboxylic acids is 1. The Kier molecular flexibility index (Phi) is 5.37. The van der Waals surface area contributed by atoms with Gasteiger partial charge in [0.25, 0.3) is 0 Å². The molecule has 18 heavy (non-hydrogen) atoms. The molecule has 1 fully saturated rings. The number of rotatable bonds is 3. The third kappa shape index (κ3) is 5.33. The molecule has 1 amide bonds. The number of nitrogens with zero attached hydrogens (tertiary/aromatic N) is 3. The summed E-state index contributed by atoms with van der Waals surface area (Å²) in [6.07, 6.45) is 1.53. The molecule has 1 aliphatic rings. The Hall–Kier alpha value is -1.33. The van der Waals surface area contributed by atoms with E-state index in [0.29, 0.717) is 25.7 Å². The van der Waals surface area contributed by atoms with Crippen LogP contribution in [0.5, 0.6) is 0 Å². The third-order valence-corrected chi connectivity index (χ3v) is 2.60. The van der Waals surface area contributed by atoms with Crippen LogP contribution in [0.4, 0.5) is 4.79 Å². The van der Waals surface area contributed by atoms with E-state index in [4.69, 9.17) is 4.74 Å². The van der Waals surface area contributed by atoms with Crippen molar-refractivity contribution in [1.82, 2.24) is 10.3 Å². The molecule has 0 aromatic heterocycles. The fraction of sp³-hybridized carbons (Fsp3) is 0.917. The average Bonchev–Trinajstić information content (AvgIpc) is 2.28. The molecular weight excluding hydrogens is 232 g/mol. The summed E-state index contributed by atoms with van der Waals surface area (Å²) in [4.78, 5) is 13.6. The van der Waals surface area contributed by atoms with Crippen LogP contribution in [0.1, 0.15) is 40.5 Å². The van der Waals surface area contributed by atoms with Crippen LogP contribution in [0, 0.1) is 0 Å². The number of piperidine rings is 1. The van der Waals surface area contributed by atoms with Gasteiger partial charge in [-0.25, -0.2) is 4.79 Å². The molecule has 0 aromatic rings. The molecule has 1 N–H and O–H groups in total. The molecular formula is C12H24N4O2. The molecule has 1 aliphatic heterocycles. The van der Waals surface area contributed by atoms with Crippen LogP contribution in [0.25, 0.3) is 0 Å². The van der Waals surface area contributed by atoms with Crippen molar-refractivity contribution in [2.75, 3.05) is 19.6 Å². The maximum Gasteiger partial charge on any atom is 0.410 e. The molecule has 0 bridgehead atoms. The van der Waals surface area contributed by atoms with Crippen molar-refractivity contribution in [1.29, 1.82) is 0 Å². The lowest BCUT2D eigenvalue weighted by atomic mass is 10.1. The van der Waals surface area contributed by atoms with Crippen molar-refractivity contribution in [2.45, 2.75) is 52.2 Å². The van der Waals surface area contributed by atoms with E-state index in [2.05, 4.69) is 15.8 Å². The molecule has 0 aliphatic carbocycles. The van der Waals surface area contributed by atoms with Crippen molar-refractivity contribution in [2.24, 2.45) is 10.3 Å². The second-order valence-corrected chi connectivity index (χ2v) is 5.43. The van der Waals surface area contributed by atoms with Crippen molar-refractivity contribution < 1.29 is 9.53 Å². The van der Waals surface area contributed by atoms with E-state index >= 15 is 0 Å². The smallest absolute Gasteiger partial charge is 0.410 e. The molecule has 1 saturated heterocycles. The quantitative estimate of drug-likeness (QED) is 0.622. The molecule has 0 aromatic carbocycles. The lowest BCUT2D eigenvalue weighted by Gasteiger charge is -2.32. The lowest BCUT2D eigenvalue weighted by Crippen LogP contribution is -2.45. The van der Waals surface area contributed by atoms with Gasteiger partial charge in [0.15, 0.2) is 0 Å². The van der Waals surface area contributed by atoms with Crippen LogP contribution in [0.15, 0.2) is 10.3 Å². The number of amides is 1. The number of hydrogen-bond acceptors (Lipinski definition) is 4. The van der Waals surface area contributed by atoms with Gasteiger partial charge in [-0.1, -0.05) is 5.22 Å². The molecule has 0 atom stereocenters. The normalized spacial score (nSPS) is 18.1. The van der Waals surface area contributed by atoms with Gasteiger partial charge in [0.2, 0.25) is 0 Å². The zero-order chi connectivity index (χ0) is 13.6. The molecule has 0 spiro atoms. The maximum atomic E-state index is 11.8. The highest BCUT2D eigenvalue weighted by molar-refractivity contribution is 5.68. The van der Waals surface area contributed by atoms with E-state index in [0.717, 1.165) is 12.8 Å². The van der Waals surface area contributed by atoms with E-state index in [-0.39, 0.29) is 6.09 Å². The number of likely N-dealkylation sites (tertiary alicyclic amines) is 1. The SMILES string of the molecule is CCN=NNC1CCN(C(=O)OC(C)(C)C)CC1. The first kappa shape index (κ1) is 14.7. The average molecular weight is 256 g/mol. The minimum atomic E-state index is -0.429. The number of hydrogen-bond donors (Lipinski definition) is 1. The minimum absolute atomic E-state index is 0.226. The van der Waals surface area contributed by atoms with Gasteiger partial charge in [0.1, 0.15) is 5.60 Å². The van der Waals surface area contributed by atoms with Crippen molar-refractivity contribution in [3.05, 3.63) is 0 Å². The predicted octanol–water partition coefficient (Wildman–Crippen LogP) is 2.36. The molecule has 104 valence electrons. The molecule has 0 unspecified atom stereocenters. The Bertz CT molecular complexity index is 291. The molecule has 6 nitrogen and oxygen atoms in total. The van der Waals surface area contributed by atoms with Gasteiger partial charge in [-0.2, -0.15) is 5.11 Å². The van der Waals surface area contributed by atoms with Crippen LogP contribution < -0.4 is 5.43 Å². The zero-order valence-corrected chi connectivity index (χ0v) is 11.8. The molecule has 1 heterocycles. The Labute approximate surface area is 109 Å². The van der Waals surface area contributed by atoms with Crippen LogP contribution in [0.2, 0.25) is 0 Å². The van der Waals surface area contributed by atoms with Crippen molar-refractivity contribution in [3.63, 3.8) is 0 Å². The Balaban J connectivity index is 2.30. The maximum absolute atomic E-state index is 11.8. The first-order chi connectivity index (χ1) is 8.42. The van der Waals surface area contributed by atoms with Crippen LogP contribution in [-0.4, -0.2) is 42.3 Å². The fourth-order valence-corrected chi connectivity index (χ4v) is 1.71. The second kappa shape index (κ2) is 6.56. The summed E-state index contributed by atoms with van der Waals surface area (Å²) in [6, 6.07) is 0.305. The fourth-order valence-electron chi connectivity index (χ4n) is 1.71. The highest BCUT2D eigenvalue weighted by Gasteiger charge is 2.26. The summed E-state index contributed by atoms with van der Waals surface area (Å²) in [6.45, 7) is 9.67. The van der Waals surface area contributed by atoms with Gasteiger partial charge in [-0.15, -0.1) is 0 Å². The summed E-state index contributed by atoms with van der Waals surface area (Å²) in [5, 5.41) is 7.76. The Morgan fingerprint density at radius 1 is 1.39 bits per heavy atom. The van der Waals surface area contributed by atoms with Crippen LogP contribution >= 0.6 is 0 Å². The monoisotopic (exact) mass is 256 g/mol. The van der Waals surface area contributed by atoms with Gasteiger partial charge in [0.05, 0.1) is 6.54 Å². The highest BCUT2D eigenvalue weighted by atomic mass is 16.6. The van der Waals surface area contributed by atoms with Crippen LogP contribution in [-0.2, 0) is 4.74 Å². The molecule has 6 heteroatoms. The largest absolute Gasteiger partial charge is 0.444 e. The number of carbonyl (C=O) groups is 1. The van der Waals surface area contributed by atoms with Crippen molar-refractivity contribution in [3.8, 4) is 0 Å². The van der Waals surface area contributed by atoms with E-state index in [1.165, 1.54) is 0 Å². The predicted molar refractivity (Wildman–Crippen MR) is 69.4 cm³/mol. The van der Waals surface area contributed by atoms with Gasteiger partial charge in [-0.3, -0.25) is 5.43 Å². The second-order valence-electron chi connectivity index (χ2n) is 5.43. The van der Waals surface area contributed by atoms with E-state index in [9.17, 15) is 4.79 Å². The molecule has 0 radical (unpaired) electrons. The van der Waals surface area contributed by atoms with Crippen LogP contribution in [0.3, 0.4) is 0 Å².